The Balaban J connectivity index is 1.95. The van der Waals surface area contributed by atoms with E-state index in [1.54, 1.807) is 26.1 Å². The Morgan fingerprint density at radius 1 is 1.00 bits per heavy atom. The molecular formula is C25H24N2O4S. The SMILES string of the molecule is CC(C)(c1cc(-c2cccc(-c3cc(CO)c[n+]([O-])c3)c2)c2ncccc2c1)S(C)(=O)=O. The number of pyridine rings is 2. The van der Waals surface area contributed by atoms with Gasteiger partial charge in [0, 0.05) is 34.5 Å². The van der Waals surface area contributed by atoms with E-state index in [1.165, 1.54) is 18.6 Å². The molecule has 0 spiro atoms. The van der Waals surface area contributed by atoms with Gasteiger partial charge in [-0.2, -0.15) is 4.73 Å². The third kappa shape index (κ3) is 3.97. The molecule has 0 atom stereocenters. The summed E-state index contributed by atoms with van der Waals surface area (Å²) in [5.74, 6) is 0. The van der Waals surface area contributed by atoms with E-state index >= 15 is 0 Å². The van der Waals surface area contributed by atoms with Crippen LogP contribution in [0.1, 0.15) is 25.0 Å². The van der Waals surface area contributed by atoms with E-state index < -0.39 is 14.6 Å². The van der Waals surface area contributed by atoms with Gasteiger partial charge in [-0.25, -0.2) is 8.42 Å². The van der Waals surface area contributed by atoms with E-state index in [2.05, 4.69) is 4.98 Å². The molecule has 0 radical (unpaired) electrons. The Bertz CT molecular complexity index is 1430. The monoisotopic (exact) mass is 448 g/mol. The average molecular weight is 449 g/mol. The minimum absolute atomic E-state index is 0.229. The molecule has 4 aromatic rings. The smallest absolute Gasteiger partial charge is 0.188 e. The quantitative estimate of drug-likeness (QED) is 0.368. The van der Waals surface area contributed by atoms with E-state index in [1.807, 2.05) is 48.5 Å². The number of sulfone groups is 1. The second-order valence-electron chi connectivity index (χ2n) is 8.41. The Kier molecular flexibility index (Phi) is 5.48. The first kappa shape index (κ1) is 21.9. The van der Waals surface area contributed by atoms with Gasteiger partial charge in [-0.1, -0.05) is 24.3 Å². The average Bonchev–Trinajstić information content (AvgIpc) is 2.77. The number of fused-ring (bicyclic) bond motifs is 1. The summed E-state index contributed by atoms with van der Waals surface area (Å²) in [6, 6.07) is 16.9. The molecule has 2 aromatic heterocycles. The van der Waals surface area contributed by atoms with Gasteiger partial charge in [-0.05, 0) is 60.9 Å². The lowest BCUT2D eigenvalue weighted by Gasteiger charge is -2.24. The van der Waals surface area contributed by atoms with Gasteiger partial charge < -0.3 is 10.3 Å². The second kappa shape index (κ2) is 8.00. The molecule has 164 valence electrons. The number of aliphatic hydroxyl groups excluding tert-OH is 1. The van der Waals surface area contributed by atoms with E-state index in [0.717, 1.165) is 27.6 Å². The molecule has 0 unspecified atom stereocenters. The lowest BCUT2D eigenvalue weighted by molar-refractivity contribution is -0.605. The number of aromatic nitrogens is 2. The van der Waals surface area contributed by atoms with Crippen molar-refractivity contribution in [3.8, 4) is 22.3 Å². The molecule has 0 amide bonds. The molecule has 2 aromatic carbocycles. The Morgan fingerprint density at radius 3 is 2.47 bits per heavy atom. The number of rotatable bonds is 5. The number of benzene rings is 2. The van der Waals surface area contributed by atoms with Crippen molar-refractivity contribution in [1.29, 1.82) is 0 Å². The maximum Gasteiger partial charge on any atom is 0.188 e. The molecule has 32 heavy (non-hydrogen) atoms. The molecule has 0 aliphatic heterocycles. The topological polar surface area (TPSA) is 94.2 Å². The summed E-state index contributed by atoms with van der Waals surface area (Å²) in [6.07, 6.45) is 5.74. The number of hydrogen-bond donors (Lipinski definition) is 1. The van der Waals surface area contributed by atoms with Gasteiger partial charge in [0.05, 0.1) is 16.9 Å². The largest absolute Gasteiger partial charge is 0.619 e. The summed E-state index contributed by atoms with van der Waals surface area (Å²) in [4.78, 5) is 4.55. The molecule has 0 saturated carbocycles. The molecule has 0 aliphatic rings. The maximum absolute atomic E-state index is 12.5. The summed E-state index contributed by atoms with van der Waals surface area (Å²) in [5.41, 5.74) is 5.11. The summed E-state index contributed by atoms with van der Waals surface area (Å²) >= 11 is 0. The molecule has 2 heterocycles. The predicted molar refractivity (Wildman–Crippen MR) is 125 cm³/mol. The number of hydrogen-bond acceptors (Lipinski definition) is 5. The Labute approximate surface area is 187 Å². The van der Waals surface area contributed by atoms with E-state index in [4.69, 9.17) is 0 Å². The van der Waals surface area contributed by atoms with Crippen molar-refractivity contribution in [2.75, 3.05) is 6.26 Å². The zero-order chi connectivity index (χ0) is 23.1. The van der Waals surface area contributed by atoms with Crippen molar-refractivity contribution in [2.45, 2.75) is 25.2 Å². The van der Waals surface area contributed by atoms with Gasteiger partial charge in [-0.3, -0.25) is 4.98 Å². The lowest BCUT2D eigenvalue weighted by atomic mass is 9.92. The van der Waals surface area contributed by atoms with Gasteiger partial charge in [0.15, 0.2) is 22.2 Å². The highest BCUT2D eigenvalue weighted by molar-refractivity contribution is 7.91. The van der Waals surface area contributed by atoms with Crippen molar-refractivity contribution in [1.82, 2.24) is 4.98 Å². The van der Waals surface area contributed by atoms with Crippen LogP contribution in [0, 0.1) is 5.21 Å². The summed E-state index contributed by atoms with van der Waals surface area (Å²) < 4.78 is 24.6. The van der Waals surface area contributed by atoms with E-state index in [0.29, 0.717) is 21.4 Å². The fourth-order valence-corrected chi connectivity index (χ4v) is 4.24. The van der Waals surface area contributed by atoms with Crippen LogP contribution in [0.2, 0.25) is 0 Å². The molecule has 0 bridgehead atoms. The molecule has 1 N–H and O–H groups in total. The van der Waals surface area contributed by atoms with Gasteiger partial charge in [0.25, 0.3) is 0 Å². The third-order valence-corrected chi connectivity index (χ3v) is 8.01. The van der Waals surface area contributed by atoms with Crippen molar-refractivity contribution in [2.24, 2.45) is 0 Å². The van der Waals surface area contributed by atoms with Crippen LogP contribution in [0.3, 0.4) is 0 Å². The molecular weight excluding hydrogens is 424 g/mol. The molecule has 0 aliphatic carbocycles. The highest BCUT2D eigenvalue weighted by Crippen LogP contribution is 2.37. The maximum atomic E-state index is 12.5. The number of aliphatic hydroxyl groups is 1. The van der Waals surface area contributed by atoms with Gasteiger partial charge in [-0.15, -0.1) is 0 Å². The van der Waals surface area contributed by atoms with Crippen molar-refractivity contribution in [3.63, 3.8) is 0 Å². The van der Waals surface area contributed by atoms with Crippen LogP contribution < -0.4 is 4.73 Å². The summed E-state index contributed by atoms with van der Waals surface area (Å²) in [6.45, 7) is 3.17. The van der Waals surface area contributed by atoms with Crippen LogP contribution in [-0.2, 0) is 21.2 Å². The van der Waals surface area contributed by atoms with Crippen LogP contribution in [0.15, 0.2) is 73.2 Å². The standard InChI is InChI=1S/C25H24N2O4S/c1-25(2,32(3,30)31)22-12-20-8-5-9-26-24(20)23(13-22)19-7-4-6-18(11-19)21-10-17(16-28)14-27(29)15-21/h4-15,28H,16H2,1-3H3. The van der Waals surface area contributed by atoms with Crippen molar-refractivity contribution < 1.29 is 18.3 Å². The zero-order valence-corrected chi connectivity index (χ0v) is 18.9. The third-order valence-electron chi connectivity index (χ3n) is 5.92. The van der Waals surface area contributed by atoms with Gasteiger partial charge >= 0.3 is 0 Å². The highest BCUT2D eigenvalue weighted by atomic mass is 32.2. The molecule has 4 rings (SSSR count). The Hall–Kier alpha value is -3.29. The first-order chi connectivity index (χ1) is 15.1. The van der Waals surface area contributed by atoms with Crippen LogP contribution in [-0.4, -0.2) is 24.8 Å². The van der Waals surface area contributed by atoms with E-state index in [9.17, 15) is 18.7 Å². The predicted octanol–water partition coefficient (Wildman–Crippen LogP) is 3.97. The van der Waals surface area contributed by atoms with Crippen LogP contribution in [0.4, 0.5) is 0 Å². The van der Waals surface area contributed by atoms with Crippen LogP contribution in [0.5, 0.6) is 0 Å². The summed E-state index contributed by atoms with van der Waals surface area (Å²) in [5, 5.41) is 22.3. The minimum atomic E-state index is -3.37. The van der Waals surface area contributed by atoms with Crippen molar-refractivity contribution >= 4 is 20.7 Å². The number of nitrogens with zero attached hydrogens (tertiary/aromatic N) is 2. The molecule has 0 saturated heterocycles. The fraction of sp³-hybridized carbons (Fsp3) is 0.200. The minimum Gasteiger partial charge on any atom is -0.619 e. The van der Waals surface area contributed by atoms with Crippen LogP contribution >= 0.6 is 0 Å². The molecule has 6 nitrogen and oxygen atoms in total. The Morgan fingerprint density at radius 2 is 1.75 bits per heavy atom. The zero-order valence-electron chi connectivity index (χ0n) is 18.1. The molecule has 0 fully saturated rings. The van der Waals surface area contributed by atoms with Gasteiger partial charge in [0.2, 0.25) is 0 Å². The van der Waals surface area contributed by atoms with Crippen molar-refractivity contribution in [3.05, 3.63) is 89.5 Å². The first-order valence-electron chi connectivity index (χ1n) is 10.1. The van der Waals surface area contributed by atoms with E-state index in [-0.39, 0.29) is 6.61 Å². The highest BCUT2D eigenvalue weighted by Gasteiger charge is 2.33. The van der Waals surface area contributed by atoms with Gasteiger partial charge in [0.1, 0.15) is 0 Å². The normalized spacial score (nSPS) is 12.2. The summed E-state index contributed by atoms with van der Waals surface area (Å²) in [7, 11) is -3.37. The molecule has 7 heteroatoms. The fourth-order valence-electron chi connectivity index (χ4n) is 3.70. The lowest BCUT2D eigenvalue weighted by Crippen LogP contribution is -2.28. The second-order valence-corrected chi connectivity index (χ2v) is 11.0. The van der Waals surface area contributed by atoms with Crippen LogP contribution in [0.25, 0.3) is 33.2 Å². The first-order valence-corrected chi connectivity index (χ1v) is 12.0.